The summed E-state index contributed by atoms with van der Waals surface area (Å²) < 4.78 is 11.0. The summed E-state index contributed by atoms with van der Waals surface area (Å²) in [6, 6.07) is 0.171. The van der Waals surface area contributed by atoms with Crippen molar-refractivity contribution in [1.29, 1.82) is 0 Å². The first-order chi connectivity index (χ1) is 7.90. The van der Waals surface area contributed by atoms with Gasteiger partial charge in [0.2, 0.25) is 0 Å². The number of nitrogens with one attached hydrogen (secondary N) is 1. The third-order valence-corrected chi connectivity index (χ3v) is 3.59. The predicted molar refractivity (Wildman–Crippen MR) is 61.4 cm³/mol. The summed E-state index contributed by atoms with van der Waals surface area (Å²) in [5, 5.41) is 12.8. The molecule has 0 aromatic rings. The Morgan fingerprint density at radius 3 is 2.75 bits per heavy atom. The molecular weight excluding hydrogens is 206 g/mol. The van der Waals surface area contributed by atoms with E-state index in [-0.39, 0.29) is 12.6 Å². The summed E-state index contributed by atoms with van der Waals surface area (Å²) >= 11 is 0. The minimum Gasteiger partial charge on any atom is -0.395 e. The Bertz CT molecular complexity index is 189. The van der Waals surface area contributed by atoms with Gasteiger partial charge >= 0.3 is 0 Å². The molecule has 2 aliphatic heterocycles. The fourth-order valence-corrected chi connectivity index (χ4v) is 2.55. The molecule has 0 amide bonds. The van der Waals surface area contributed by atoms with E-state index in [0.29, 0.717) is 12.0 Å². The van der Waals surface area contributed by atoms with Gasteiger partial charge < -0.3 is 19.9 Å². The van der Waals surface area contributed by atoms with E-state index in [1.807, 2.05) is 0 Å². The molecule has 3 unspecified atom stereocenters. The van der Waals surface area contributed by atoms with E-state index in [1.165, 1.54) is 6.42 Å². The van der Waals surface area contributed by atoms with Gasteiger partial charge in [-0.15, -0.1) is 0 Å². The van der Waals surface area contributed by atoms with E-state index in [9.17, 15) is 5.11 Å². The number of aliphatic hydroxyl groups is 1. The second kappa shape index (κ2) is 6.55. The number of ether oxygens (including phenoxy) is 2. The summed E-state index contributed by atoms with van der Waals surface area (Å²) in [5.41, 5.74) is 0. The van der Waals surface area contributed by atoms with Crippen molar-refractivity contribution in [2.75, 3.05) is 33.0 Å². The summed E-state index contributed by atoms with van der Waals surface area (Å²) in [7, 11) is 0. The maximum Gasteiger partial charge on any atom is 0.0700 e. The van der Waals surface area contributed by atoms with Crippen LogP contribution in [0.1, 0.15) is 25.7 Å². The molecule has 0 bridgehead atoms. The molecule has 16 heavy (non-hydrogen) atoms. The average Bonchev–Trinajstić information content (AvgIpc) is 2.84. The Balaban J connectivity index is 1.70. The molecule has 3 atom stereocenters. The molecule has 94 valence electrons. The molecule has 2 saturated heterocycles. The normalized spacial score (nSPS) is 32.8. The van der Waals surface area contributed by atoms with Gasteiger partial charge in [0, 0.05) is 25.8 Å². The lowest BCUT2D eigenvalue weighted by Gasteiger charge is -2.30. The van der Waals surface area contributed by atoms with Crippen LogP contribution in [0.4, 0.5) is 0 Å². The topological polar surface area (TPSA) is 50.7 Å². The van der Waals surface area contributed by atoms with Crippen molar-refractivity contribution in [2.24, 2.45) is 5.92 Å². The van der Waals surface area contributed by atoms with Crippen molar-refractivity contribution >= 4 is 0 Å². The minimum atomic E-state index is 0.171. The van der Waals surface area contributed by atoms with Gasteiger partial charge in [0.15, 0.2) is 0 Å². The van der Waals surface area contributed by atoms with Crippen LogP contribution >= 0.6 is 0 Å². The van der Waals surface area contributed by atoms with Crippen LogP contribution in [0.3, 0.4) is 0 Å². The van der Waals surface area contributed by atoms with Crippen molar-refractivity contribution in [3.63, 3.8) is 0 Å². The van der Waals surface area contributed by atoms with Crippen molar-refractivity contribution in [2.45, 2.75) is 37.8 Å². The van der Waals surface area contributed by atoms with Crippen LogP contribution in [0.25, 0.3) is 0 Å². The zero-order valence-corrected chi connectivity index (χ0v) is 9.86. The highest BCUT2D eigenvalue weighted by atomic mass is 16.5. The molecule has 2 heterocycles. The molecule has 0 saturated carbocycles. The Hall–Kier alpha value is -0.160. The van der Waals surface area contributed by atoms with Crippen LogP contribution in [0.5, 0.6) is 0 Å². The molecule has 0 spiro atoms. The molecule has 0 aromatic carbocycles. The van der Waals surface area contributed by atoms with Gasteiger partial charge in [-0.1, -0.05) is 0 Å². The summed E-state index contributed by atoms with van der Waals surface area (Å²) in [4.78, 5) is 0. The van der Waals surface area contributed by atoms with Gasteiger partial charge in [-0.05, 0) is 31.6 Å². The van der Waals surface area contributed by atoms with Crippen LogP contribution < -0.4 is 5.32 Å². The van der Waals surface area contributed by atoms with Crippen molar-refractivity contribution in [1.82, 2.24) is 5.32 Å². The first-order valence-electron chi connectivity index (χ1n) is 6.43. The van der Waals surface area contributed by atoms with Gasteiger partial charge in [-0.3, -0.25) is 0 Å². The van der Waals surface area contributed by atoms with Crippen LogP contribution in [-0.2, 0) is 9.47 Å². The van der Waals surface area contributed by atoms with E-state index in [2.05, 4.69) is 5.32 Å². The molecule has 4 heteroatoms. The standard InChI is InChI=1S/C12H23NO3/c14-8-12(10-3-1-5-15-9-10)13-7-11-4-2-6-16-11/h10-14H,1-9H2. The molecule has 2 aliphatic rings. The van der Waals surface area contributed by atoms with Crippen molar-refractivity contribution in [3.8, 4) is 0 Å². The molecule has 0 aliphatic carbocycles. The number of hydrogen-bond donors (Lipinski definition) is 2. The van der Waals surface area contributed by atoms with Gasteiger partial charge in [-0.2, -0.15) is 0 Å². The molecule has 4 nitrogen and oxygen atoms in total. The molecule has 2 N–H and O–H groups in total. The molecule has 2 fully saturated rings. The number of hydrogen-bond acceptors (Lipinski definition) is 4. The summed E-state index contributed by atoms with van der Waals surface area (Å²) in [6.45, 7) is 3.61. The largest absolute Gasteiger partial charge is 0.395 e. The zero-order valence-electron chi connectivity index (χ0n) is 9.86. The van der Waals surface area contributed by atoms with Crippen LogP contribution in [0, 0.1) is 5.92 Å². The molecular formula is C12H23NO3. The Morgan fingerprint density at radius 1 is 1.25 bits per heavy atom. The fourth-order valence-electron chi connectivity index (χ4n) is 2.55. The fraction of sp³-hybridized carbons (Fsp3) is 1.00. The second-order valence-corrected chi connectivity index (χ2v) is 4.81. The molecule has 0 radical (unpaired) electrons. The van der Waals surface area contributed by atoms with Crippen molar-refractivity contribution in [3.05, 3.63) is 0 Å². The van der Waals surface area contributed by atoms with E-state index >= 15 is 0 Å². The lowest BCUT2D eigenvalue weighted by Crippen LogP contribution is -2.45. The molecule has 0 aromatic heterocycles. The highest BCUT2D eigenvalue weighted by Crippen LogP contribution is 2.18. The van der Waals surface area contributed by atoms with E-state index in [4.69, 9.17) is 9.47 Å². The van der Waals surface area contributed by atoms with Gasteiger partial charge in [0.25, 0.3) is 0 Å². The quantitative estimate of drug-likeness (QED) is 0.722. The Kier molecular flexibility index (Phi) is 5.03. The lowest BCUT2D eigenvalue weighted by atomic mass is 9.94. The monoisotopic (exact) mass is 229 g/mol. The zero-order chi connectivity index (χ0) is 11.2. The summed E-state index contributed by atoms with van der Waals surface area (Å²) in [5.74, 6) is 0.458. The van der Waals surface area contributed by atoms with Crippen LogP contribution in [0.2, 0.25) is 0 Å². The van der Waals surface area contributed by atoms with Gasteiger partial charge in [0.1, 0.15) is 0 Å². The average molecular weight is 229 g/mol. The summed E-state index contributed by atoms with van der Waals surface area (Å²) in [6.07, 6.45) is 4.93. The molecule has 2 rings (SSSR count). The Labute approximate surface area is 97.3 Å². The Morgan fingerprint density at radius 2 is 2.12 bits per heavy atom. The number of rotatable bonds is 5. The van der Waals surface area contributed by atoms with E-state index in [1.54, 1.807) is 0 Å². The third kappa shape index (κ3) is 3.42. The van der Waals surface area contributed by atoms with Gasteiger partial charge in [0.05, 0.1) is 19.3 Å². The van der Waals surface area contributed by atoms with Gasteiger partial charge in [-0.25, -0.2) is 0 Å². The highest BCUT2D eigenvalue weighted by Gasteiger charge is 2.25. The first-order valence-corrected chi connectivity index (χ1v) is 6.43. The minimum absolute atomic E-state index is 0.171. The third-order valence-electron chi connectivity index (χ3n) is 3.59. The predicted octanol–water partition coefficient (Wildman–Crippen LogP) is 0.542. The van der Waals surface area contributed by atoms with E-state index < -0.39 is 0 Å². The lowest BCUT2D eigenvalue weighted by molar-refractivity contribution is 0.0238. The van der Waals surface area contributed by atoms with E-state index in [0.717, 1.165) is 45.6 Å². The highest BCUT2D eigenvalue weighted by molar-refractivity contribution is 4.80. The SMILES string of the molecule is OCC(NCC1CCCO1)C1CCCOC1. The smallest absolute Gasteiger partial charge is 0.0700 e. The first kappa shape index (κ1) is 12.3. The maximum atomic E-state index is 9.39. The number of aliphatic hydroxyl groups excluding tert-OH is 1. The second-order valence-electron chi connectivity index (χ2n) is 4.81. The van der Waals surface area contributed by atoms with Crippen molar-refractivity contribution < 1.29 is 14.6 Å². The van der Waals surface area contributed by atoms with Crippen LogP contribution in [-0.4, -0.2) is 50.2 Å². The van der Waals surface area contributed by atoms with Crippen LogP contribution in [0.15, 0.2) is 0 Å². The maximum absolute atomic E-state index is 9.39.